The Labute approximate surface area is 177 Å². The average Bonchev–Trinajstić information content (AvgIpc) is 3.11. The molecule has 150 valence electrons. The van der Waals surface area contributed by atoms with E-state index in [9.17, 15) is 9.18 Å². The second-order valence-corrected chi connectivity index (χ2v) is 7.59. The van der Waals surface area contributed by atoms with Crippen molar-refractivity contribution < 1.29 is 18.7 Å². The minimum atomic E-state index is -0.501. The summed E-state index contributed by atoms with van der Waals surface area (Å²) in [5.74, 6) is 1.31. The van der Waals surface area contributed by atoms with Gasteiger partial charge in [-0.25, -0.2) is 4.39 Å². The number of methoxy groups -OCH3 is 1. The average molecular weight is 419 g/mol. The first-order valence-corrected chi connectivity index (χ1v) is 9.97. The van der Waals surface area contributed by atoms with Gasteiger partial charge in [0.2, 0.25) is 5.91 Å². The van der Waals surface area contributed by atoms with Gasteiger partial charge in [0.15, 0.2) is 5.75 Å². The number of hydrogen-bond donors (Lipinski definition) is 1. The van der Waals surface area contributed by atoms with Gasteiger partial charge < -0.3 is 15.2 Å². The molecule has 4 aromatic rings. The van der Waals surface area contributed by atoms with Crippen LogP contribution in [0.25, 0.3) is 26.6 Å². The molecule has 4 nitrogen and oxygen atoms in total. The first-order valence-electron chi connectivity index (χ1n) is 9.15. The van der Waals surface area contributed by atoms with Crippen molar-refractivity contribution >= 4 is 33.4 Å². The molecule has 0 aliphatic heterocycles. The number of amides is 1. The summed E-state index contributed by atoms with van der Waals surface area (Å²) in [5, 5.41) is 0.942. The van der Waals surface area contributed by atoms with Crippen molar-refractivity contribution in [3.8, 4) is 27.7 Å². The number of fused-ring (bicyclic) bond motifs is 1. The summed E-state index contributed by atoms with van der Waals surface area (Å²) in [5.41, 5.74) is 6.83. The van der Waals surface area contributed by atoms with Crippen LogP contribution in [0.2, 0.25) is 0 Å². The van der Waals surface area contributed by atoms with Gasteiger partial charge in [0.05, 0.1) is 12.0 Å². The summed E-state index contributed by atoms with van der Waals surface area (Å²) in [6.07, 6.45) is 2.95. The summed E-state index contributed by atoms with van der Waals surface area (Å²) < 4.78 is 26.0. The smallest absolute Gasteiger partial charge is 0.241 e. The van der Waals surface area contributed by atoms with E-state index in [0.29, 0.717) is 11.5 Å². The van der Waals surface area contributed by atoms with Crippen LogP contribution in [-0.4, -0.2) is 13.0 Å². The van der Waals surface area contributed by atoms with Gasteiger partial charge in [0.25, 0.3) is 0 Å². The van der Waals surface area contributed by atoms with Crippen LogP contribution in [0.5, 0.6) is 17.2 Å². The predicted molar refractivity (Wildman–Crippen MR) is 119 cm³/mol. The summed E-state index contributed by atoms with van der Waals surface area (Å²) in [4.78, 5) is 11.8. The first kappa shape index (κ1) is 19.7. The summed E-state index contributed by atoms with van der Waals surface area (Å²) in [6.45, 7) is 0. The topological polar surface area (TPSA) is 61.6 Å². The van der Waals surface area contributed by atoms with E-state index in [2.05, 4.69) is 0 Å². The second kappa shape index (κ2) is 8.39. The maximum Gasteiger partial charge on any atom is 0.241 e. The normalized spacial score (nSPS) is 11.1. The number of halogens is 1. The number of carbonyl (C=O) groups excluding carboxylic acids is 1. The van der Waals surface area contributed by atoms with Crippen molar-refractivity contribution in [1.29, 1.82) is 0 Å². The van der Waals surface area contributed by atoms with E-state index < -0.39 is 5.91 Å². The Bertz CT molecular complexity index is 1230. The number of benzene rings is 3. The van der Waals surface area contributed by atoms with Crippen molar-refractivity contribution in [2.75, 3.05) is 7.11 Å². The Balaban J connectivity index is 1.75. The maximum atomic E-state index is 13.4. The molecule has 6 heteroatoms. The van der Waals surface area contributed by atoms with Crippen LogP contribution in [0.1, 0.15) is 5.56 Å². The van der Waals surface area contributed by atoms with Crippen molar-refractivity contribution in [2.45, 2.75) is 0 Å². The van der Waals surface area contributed by atoms with E-state index >= 15 is 0 Å². The first-order chi connectivity index (χ1) is 14.5. The molecule has 0 atom stereocenters. The summed E-state index contributed by atoms with van der Waals surface area (Å²) in [7, 11) is 1.63. The predicted octanol–water partition coefficient (Wildman–Crippen LogP) is 6.01. The number of primary amides is 1. The molecule has 4 rings (SSSR count). The number of nitrogens with two attached hydrogens (primary N) is 1. The highest BCUT2D eigenvalue weighted by molar-refractivity contribution is 7.22. The highest BCUT2D eigenvalue weighted by Gasteiger charge is 2.17. The zero-order valence-corrected chi connectivity index (χ0v) is 16.9. The lowest BCUT2D eigenvalue weighted by Gasteiger charge is -2.09. The van der Waals surface area contributed by atoms with Gasteiger partial charge in [0.1, 0.15) is 17.3 Å². The molecule has 2 N–H and O–H groups in total. The molecule has 3 aromatic carbocycles. The molecule has 0 saturated carbocycles. The second-order valence-electron chi connectivity index (χ2n) is 6.54. The molecule has 0 spiro atoms. The van der Waals surface area contributed by atoms with Crippen molar-refractivity contribution in [2.24, 2.45) is 5.73 Å². The van der Waals surface area contributed by atoms with E-state index in [4.69, 9.17) is 15.2 Å². The Morgan fingerprint density at radius 3 is 2.37 bits per heavy atom. The fraction of sp³-hybridized carbons (Fsp3) is 0.0417. The van der Waals surface area contributed by atoms with E-state index in [0.717, 1.165) is 31.8 Å². The maximum absolute atomic E-state index is 13.4. The zero-order valence-electron chi connectivity index (χ0n) is 16.1. The molecule has 0 aliphatic carbocycles. The van der Waals surface area contributed by atoms with Crippen LogP contribution in [0.4, 0.5) is 4.39 Å². The fourth-order valence-corrected chi connectivity index (χ4v) is 4.18. The van der Waals surface area contributed by atoms with Crippen LogP contribution in [-0.2, 0) is 4.79 Å². The molecule has 1 heterocycles. The molecule has 0 bridgehead atoms. The van der Waals surface area contributed by atoms with Crippen LogP contribution >= 0.6 is 11.3 Å². The van der Waals surface area contributed by atoms with Crippen molar-refractivity contribution in [1.82, 2.24) is 0 Å². The Morgan fingerprint density at radius 2 is 1.70 bits per heavy atom. The van der Waals surface area contributed by atoms with Gasteiger partial charge >= 0.3 is 0 Å². The molecule has 0 radical (unpaired) electrons. The lowest BCUT2D eigenvalue weighted by atomic mass is 10.1. The number of rotatable bonds is 6. The third-order valence-corrected chi connectivity index (χ3v) is 5.68. The molecule has 30 heavy (non-hydrogen) atoms. The number of ether oxygens (including phenoxy) is 2. The van der Waals surface area contributed by atoms with E-state index in [-0.39, 0.29) is 5.82 Å². The molecular weight excluding hydrogens is 401 g/mol. The Morgan fingerprint density at radius 1 is 1.00 bits per heavy atom. The third-order valence-electron chi connectivity index (χ3n) is 4.50. The highest BCUT2D eigenvalue weighted by Crippen LogP contribution is 2.47. The molecule has 0 fully saturated rings. The lowest BCUT2D eigenvalue weighted by Crippen LogP contribution is -2.04. The van der Waals surface area contributed by atoms with E-state index in [1.54, 1.807) is 36.7 Å². The standard InChI is InChI=1S/C24H18FNO3S/c1-28-19-11-12-20-21(14-19)30-24(16-5-7-17(25)8-6-16)23(20)29-18-9-2-15(3-10-18)4-13-22(26)27/h2-14H,1H3,(H2,26,27). The van der Waals surface area contributed by atoms with Gasteiger partial charge in [-0.15, -0.1) is 11.3 Å². The third kappa shape index (κ3) is 4.18. The van der Waals surface area contributed by atoms with Crippen LogP contribution in [0, 0.1) is 5.82 Å². The molecule has 1 aromatic heterocycles. The minimum absolute atomic E-state index is 0.288. The van der Waals surface area contributed by atoms with Crippen LogP contribution in [0.15, 0.2) is 72.8 Å². The minimum Gasteiger partial charge on any atom is -0.497 e. The van der Waals surface area contributed by atoms with Crippen molar-refractivity contribution in [3.63, 3.8) is 0 Å². The summed E-state index contributed by atoms with van der Waals surface area (Å²) >= 11 is 1.56. The van der Waals surface area contributed by atoms with Crippen molar-refractivity contribution in [3.05, 3.63) is 84.2 Å². The van der Waals surface area contributed by atoms with Gasteiger partial charge in [0, 0.05) is 16.2 Å². The van der Waals surface area contributed by atoms with Gasteiger partial charge in [-0.05, 0) is 59.7 Å². The highest BCUT2D eigenvalue weighted by atomic mass is 32.1. The quantitative estimate of drug-likeness (QED) is 0.390. The fourth-order valence-electron chi connectivity index (χ4n) is 3.02. The Kier molecular flexibility index (Phi) is 5.50. The SMILES string of the molecule is COc1ccc2c(Oc3ccc(C=CC(N)=O)cc3)c(-c3ccc(F)cc3)sc2c1. The number of hydrogen-bond acceptors (Lipinski definition) is 4. The molecule has 0 unspecified atom stereocenters. The lowest BCUT2D eigenvalue weighted by molar-refractivity contribution is -0.113. The molecule has 1 amide bonds. The Hall–Kier alpha value is -3.64. The number of thiophene rings is 1. The summed E-state index contributed by atoms with van der Waals surface area (Å²) in [6, 6.07) is 19.5. The largest absolute Gasteiger partial charge is 0.497 e. The number of carbonyl (C=O) groups is 1. The van der Waals surface area contributed by atoms with E-state index in [1.165, 1.54) is 18.2 Å². The zero-order chi connectivity index (χ0) is 21.1. The van der Waals surface area contributed by atoms with E-state index in [1.807, 2.05) is 42.5 Å². The van der Waals surface area contributed by atoms with Gasteiger partial charge in [-0.2, -0.15) is 0 Å². The van der Waals surface area contributed by atoms with Gasteiger partial charge in [-0.1, -0.05) is 24.3 Å². The molecule has 0 aliphatic rings. The van der Waals surface area contributed by atoms with Gasteiger partial charge in [-0.3, -0.25) is 4.79 Å². The van der Waals surface area contributed by atoms with Crippen LogP contribution in [0.3, 0.4) is 0 Å². The van der Waals surface area contributed by atoms with Crippen LogP contribution < -0.4 is 15.2 Å². The molecular formula is C24H18FNO3S. The molecule has 0 saturated heterocycles. The monoisotopic (exact) mass is 419 g/mol.